The summed E-state index contributed by atoms with van der Waals surface area (Å²) in [6, 6.07) is 4.99. The normalized spacial score (nSPS) is 17.5. The van der Waals surface area contributed by atoms with Crippen molar-refractivity contribution < 1.29 is 19.0 Å². The molecule has 0 bridgehead atoms. The van der Waals surface area contributed by atoms with Gasteiger partial charge in [0.2, 0.25) is 0 Å². The highest BCUT2D eigenvalue weighted by molar-refractivity contribution is 5.81. The van der Waals surface area contributed by atoms with Crippen LogP contribution in [0.5, 0.6) is 11.5 Å². The van der Waals surface area contributed by atoms with E-state index in [0.29, 0.717) is 11.5 Å². The molecule has 5 nitrogen and oxygen atoms in total. The first-order valence-electron chi connectivity index (χ1n) is 6.15. The van der Waals surface area contributed by atoms with Crippen LogP contribution in [0.25, 0.3) is 0 Å². The van der Waals surface area contributed by atoms with E-state index in [1.54, 1.807) is 20.3 Å². The maximum atomic E-state index is 11.9. The molecule has 19 heavy (non-hydrogen) atoms. The lowest BCUT2D eigenvalue weighted by Gasteiger charge is -2.23. The van der Waals surface area contributed by atoms with Crippen LogP contribution in [-0.4, -0.2) is 27.3 Å². The molecule has 0 radical (unpaired) electrons. The van der Waals surface area contributed by atoms with Crippen molar-refractivity contribution >= 4 is 5.97 Å². The Morgan fingerprint density at radius 2 is 1.95 bits per heavy atom. The number of ether oxygens (including phenoxy) is 3. The van der Waals surface area contributed by atoms with E-state index in [-0.39, 0.29) is 5.97 Å². The van der Waals surface area contributed by atoms with E-state index in [0.717, 1.165) is 18.4 Å². The Hall–Kier alpha value is -1.75. The second-order valence-electron chi connectivity index (χ2n) is 4.73. The molecule has 0 aromatic heterocycles. The van der Waals surface area contributed by atoms with E-state index in [4.69, 9.17) is 19.9 Å². The maximum Gasteiger partial charge on any atom is 0.313 e. The molecule has 5 heteroatoms. The summed E-state index contributed by atoms with van der Waals surface area (Å²) in [5.41, 5.74) is 6.45. The van der Waals surface area contributed by atoms with Gasteiger partial charge in [-0.05, 0) is 18.9 Å². The number of rotatable bonds is 5. The number of carbonyl (C=O) groups excluding carboxylic acids is 1. The van der Waals surface area contributed by atoms with Crippen molar-refractivity contribution in [1.29, 1.82) is 0 Å². The number of methoxy groups -OCH3 is 3. The lowest BCUT2D eigenvalue weighted by Crippen LogP contribution is -2.31. The third-order valence-electron chi connectivity index (χ3n) is 3.75. The highest BCUT2D eigenvalue weighted by atomic mass is 16.5. The molecule has 1 aromatic carbocycles. The number of benzene rings is 1. The summed E-state index contributed by atoms with van der Waals surface area (Å²) in [6.07, 6.45) is 1.49. The largest absolute Gasteiger partial charge is 0.497 e. The minimum Gasteiger partial charge on any atom is -0.497 e. The molecule has 2 N–H and O–H groups in total. The predicted octanol–water partition coefficient (Wildman–Crippen LogP) is 1.66. The van der Waals surface area contributed by atoms with Crippen LogP contribution in [0.2, 0.25) is 0 Å². The van der Waals surface area contributed by atoms with Crippen LogP contribution in [0.15, 0.2) is 18.2 Å². The lowest BCUT2D eigenvalue weighted by molar-refractivity contribution is -0.148. The quantitative estimate of drug-likeness (QED) is 0.820. The summed E-state index contributed by atoms with van der Waals surface area (Å²) in [4.78, 5) is 11.9. The highest BCUT2D eigenvalue weighted by Crippen LogP contribution is 2.56. The number of hydrogen-bond acceptors (Lipinski definition) is 5. The van der Waals surface area contributed by atoms with Gasteiger partial charge in [-0.2, -0.15) is 0 Å². The van der Waals surface area contributed by atoms with Crippen molar-refractivity contribution in [2.24, 2.45) is 11.1 Å². The van der Waals surface area contributed by atoms with Crippen LogP contribution in [0.1, 0.15) is 24.4 Å². The van der Waals surface area contributed by atoms with E-state index in [9.17, 15) is 4.79 Å². The summed E-state index contributed by atoms with van der Waals surface area (Å²) < 4.78 is 15.3. The van der Waals surface area contributed by atoms with Crippen LogP contribution >= 0.6 is 0 Å². The van der Waals surface area contributed by atoms with Crippen molar-refractivity contribution in [3.63, 3.8) is 0 Å². The van der Waals surface area contributed by atoms with Crippen molar-refractivity contribution in [3.05, 3.63) is 23.8 Å². The van der Waals surface area contributed by atoms with E-state index in [2.05, 4.69) is 0 Å². The lowest BCUT2D eigenvalue weighted by atomic mass is 9.90. The molecular weight excluding hydrogens is 246 g/mol. The highest BCUT2D eigenvalue weighted by Gasteiger charge is 2.56. The average Bonchev–Trinajstić information content (AvgIpc) is 3.26. The third kappa shape index (κ3) is 2.26. The van der Waals surface area contributed by atoms with Crippen molar-refractivity contribution in [1.82, 2.24) is 0 Å². The van der Waals surface area contributed by atoms with Gasteiger partial charge in [0, 0.05) is 17.7 Å². The predicted molar refractivity (Wildman–Crippen MR) is 70.2 cm³/mol. The smallest absolute Gasteiger partial charge is 0.313 e. The van der Waals surface area contributed by atoms with Gasteiger partial charge in [0.05, 0.1) is 26.7 Å². The topological polar surface area (TPSA) is 70.8 Å². The fraction of sp³-hybridized carbons (Fsp3) is 0.500. The van der Waals surface area contributed by atoms with Crippen molar-refractivity contribution in [2.75, 3.05) is 21.3 Å². The Morgan fingerprint density at radius 3 is 2.42 bits per heavy atom. The van der Waals surface area contributed by atoms with Gasteiger partial charge >= 0.3 is 5.97 Å². The van der Waals surface area contributed by atoms with Crippen molar-refractivity contribution in [3.8, 4) is 11.5 Å². The van der Waals surface area contributed by atoms with Gasteiger partial charge in [-0.15, -0.1) is 0 Å². The van der Waals surface area contributed by atoms with E-state index < -0.39 is 11.5 Å². The molecule has 0 saturated heterocycles. The van der Waals surface area contributed by atoms with Crippen LogP contribution in [0.3, 0.4) is 0 Å². The fourth-order valence-electron chi connectivity index (χ4n) is 2.35. The number of carbonyl (C=O) groups is 1. The zero-order valence-corrected chi connectivity index (χ0v) is 11.4. The van der Waals surface area contributed by atoms with Gasteiger partial charge < -0.3 is 19.9 Å². The van der Waals surface area contributed by atoms with Gasteiger partial charge in [0.1, 0.15) is 11.5 Å². The summed E-state index contributed by atoms with van der Waals surface area (Å²) >= 11 is 0. The molecule has 2 rings (SSSR count). The molecule has 1 aliphatic rings. The summed E-state index contributed by atoms with van der Waals surface area (Å²) in [6.45, 7) is 0. The standard InChI is InChI=1S/C14H19NO4/c1-17-9-4-5-10(11(8-9)18-2)12(15)14(6-7-14)13(16)19-3/h4-5,8,12H,6-7,15H2,1-3H3. The molecule has 1 aromatic rings. The number of hydrogen-bond donors (Lipinski definition) is 1. The summed E-state index contributed by atoms with van der Waals surface area (Å²) in [7, 11) is 4.55. The van der Waals surface area contributed by atoms with Crippen LogP contribution in [-0.2, 0) is 9.53 Å². The Kier molecular flexibility index (Phi) is 3.66. The van der Waals surface area contributed by atoms with Crippen LogP contribution in [0, 0.1) is 5.41 Å². The molecule has 104 valence electrons. The molecule has 0 amide bonds. The van der Waals surface area contributed by atoms with Gasteiger partial charge in [-0.1, -0.05) is 6.07 Å². The zero-order valence-electron chi connectivity index (χ0n) is 11.4. The Balaban J connectivity index is 2.34. The Bertz CT molecular complexity index is 482. The van der Waals surface area contributed by atoms with Gasteiger partial charge in [-0.3, -0.25) is 4.79 Å². The molecule has 1 fully saturated rings. The molecule has 0 aliphatic heterocycles. The Morgan fingerprint density at radius 1 is 1.26 bits per heavy atom. The molecule has 1 aliphatic carbocycles. The molecule has 0 heterocycles. The third-order valence-corrected chi connectivity index (χ3v) is 3.75. The SMILES string of the molecule is COC(=O)C1(C(N)c2ccc(OC)cc2OC)CC1. The molecule has 1 saturated carbocycles. The second-order valence-corrected chi connectivity index (χ2v) is 4.73. The second kappa shape index (κ2) is 5.09. The molecular formula is C14H19NO4. The van der Waals surface area contributed by atoms with E-state index >= 15 is 0 Å². The fourth-order valence-corrected chi connectivity index (χ4v) is 2.35. The molecule has 1 unspecified atom stereocenters. The monoisotopic (exact) mass is 265 g/mol. The van der Waals surface area contributed by atoms with Crippen molar-refractivity contribution in [2.45, 2.75) is 18.9 Å². The van der Waals surface area contributed by atoms with Gasteiger partial charge in [0.25, 0.3) is 0 Å². The minimum atomic E-state index is -0.601. The minimum absolute atomic E-state index is 0.252. The Labute approximate surface area is 112 Å². The number of esters is 1. The molecule has 0 spiro atoms. The summed E-state index contributed by atoms with van der Waals surface area (Å²) in [5.74, 6) is 1.07. The van der Waals surface area contributed by atoms with Gasteiger partial charge in [-0.25, -0.2) is 0 Å². The first-order valence-corrected chi connectivity index (χ1v) is 6.15. The maximum absolute atomic E-state index is 11.9. The summed E-state index contributed by atoms with van der Waals surface area (Å²) in [5, 5.41) is 0. The first-order chi connectivity index (χ1) is 9.08. The van der Waals surface area contributed by atoms with Crippen LogP contribution in [0.4, 0.5) is 0 Å². The molecule has 1 atom stereocenters. The number of nitrogens with two attached hydrogens (primary N) is 1. The van der Waals surface area contributed by atoms with E-state index in [1.165, 1.54) is 7.11 Å². The average molecular weight is 265 g/mol. The van der Waals surface area contributed by atoms with Crippen LogP contribution < -0.4 is 15.2 Å². The van der Waals surface area contributed by atoms with E-state index in [1.807, 2.05) is 12.1 Å². The first kappa shape index (κ1) is 13.7. The van der Waals surface area contributed by atoms with Gasteiger partial charge in [0.15, 0.2) is 0 Å². The zero-order chi connectivity index (χ0) is 14.0.